The summed E-state index contributed by atoms with van der Waals surface area (Å²) in [6.45, 7) is 6.45. The average Bonchev–Trinajstić information content (AvgIpc) is 2.66. The first-order valence-corrected chi connectivity index (χ1v) is 6.41. The molecule has 2 aromatic rings. The summed E-state index contributed by atoms with van der Waals surface area (Å²) in [5.41, 5.74) is 2.22. The highest BCUT2D eigenvalue weighted by Gasteiger charge is 2.05. The van der Waals surface area contributed by atoms with Gasteiger partial charge in [-0.25, -0.2) is 4.98 Å². The average molecular weight is 247 g/mol. The molecule has 2 rings (SSSR count). The predicted octanol–water partition coefficient (Wildman–Crippen LogP) is 2.09. The Kier molecular flexibility index (Phi) is 4.33. The van der Waals surface area contributed by atoms with Crippen molar-refractivity contribution in [1.29, 1.82) is 0 Å². The fourth-order valence-electron chi connectivity index (χ4n) is 1.92. The van der Waals surface area contributed by atoms with Crippen LogP contribution in [0.1, 0.15) is 19.7 Å². The maximum absolute atomic E-state index is 5.48. The van der Waals surface area contributed by atoms with Crippen LogP contribution in [0.4, 0.5) is 0 Å². The summed E-state index contributed by atoms with van der Waals surface area (Å²) in [6.07, 6.45) is 0.294. The molecule has 4 nitrogen and oxygen atoms in total. The van der Waals surface area contributed by atoms with Gasteiger partial charge in [0.05, 0.1) is 30.3 Å². The number of hydrogen-bond donors (Lipinski definition) is 1. The summed E-state index contributed by atoms with van der Waals surface area (Å²) in [5.74, 6) is 1.06. The van der Waals surface area contributed by atoms with Crippen molar-refractivity contribution in [2.75, 3.05) is 13.2 Å². The molecule has 1 heterocycles. The molecule has 1 aromatic heterocycles. The maximum Gasteiger partial charge on any atom is 0.123 e. The highest BCUT2D eigenvalue weighted by molar-refractivity contribution is 5.75. The summed E-state index contributed by atoms with van der Waals surface area (Å²) in [5, 5.41) is 3.35. The number of aromatic nitrogens is 2. The standard InChI is InChI=1S/C14H21N3O/c1-11(2)18-9-8-15-10-14-16-12-6-4-5-7-13(12)17(14)3/h4-7,11,15H,8-10H2,1-3H3. The fourth-order valence-corrected chi connectivity index (χ4v) is 1.92. The Morgan fingerprint density at radius 3 is 2.83 bits per heavy atom. The molecule has 18 heavy (non-hydrogen) atoms. The zero-order valence-corrected chi connectivity index (χ0v) is 11.3. The molecule has 0 radical (unpaired) electrons. The number of aryl methyl sites for hydroxylation is 1. The highest BCUT2D eigenvalue weighted by Crippen LogP contribution is 2.13. The number of hydrogen-bond acceptors (Lipinski definition) is 3. The minimum absolute atomic E-state index is 0.294. The number of para-hydroxylation sites is 2. The Labute approximate surface area is 108 Å². The number of imidazole rings is 1. The van der Waals surface area contributed by atoms with Crippen molar-refractivity contribution >= 4 is 11.0 Å². The van der Waals surface area contributed by atoms with E-state index in [-0.39, 0.29) is 0 Å². The van der Waals surface area contributed by atoms with E-state index in [0.717, 1.165) is 31.0 Å². The molecule has 0 unspecified atom stereocenters. The Morgan fingerprint density at radius 2 is 2.11 bits per heavy atom. The molecule has 4 heteroatoms. The van der Waals surface area contributed by atoms with E-state index in [1.54, 1.807) is 0 Å². The van der Waals surface area contributed by atoms with E-state index in [1.807, 2.05) is 32.0 Å². The largest absolute Gasteiger partial charge is 0.377 e. The van der Waals surface area contributed by atoms with Crippen LogP contribution in [0.2, 0.25) is 0 Å². The summed E-state index contributed by atoms with van der Waals surface area (Å²) < 4.78 is 7.61. The SMILES string of the molecule is CC(C)OCCNCc1nc2ccccc2n1C. The molecule has 0 atom stereocenters. The van der Waals surface area contributed by atoms with Crippen LogP contribution in [0.5, 0.6) is 0 Å². The molecule has 1 N–H and O–H groups in total. The zero-order valence-electron chi connectivity index (χ0n) is 11.3. The summed E-state index contributed by atoms with van der Waals surface area (Å²) >= 11 is 0. The second-order valence-electron chi connectivity index (χ2n) is 4.67. The van der Waals surface area contributed by atoms with Crippen molar-refractivity contribution in [3.05, 3.63) is 30.1 Å². The lowest BCUT2D eigenvalue weighted by Crippen LogP contribution is -2.22. The Balaban J connectivity index is 1.90. The van der Waals surface area contributed by atoms with E-state index in [1.165, 1.54) is 5.52 Å². The zero-order chi connectivity index (χ0) is 13.0. The van der Waals surface area contributed by atoms with Gasteiger partial charge in [-0.3, -0.25) is 0 Å². The Morgan fingerprint density at radius 1 is 1.33 bits per heavy atom. The number of fused-ring (bicyclic) bond motifs is 1. The number of nitrogens with one attached hydrogen (secondary N) is 1. The van der Waals surface area contributed by atoms with Gasteiger partial charge in [-0.1, -0.05) is 12.1 Å². The number of nitrogens with zero attached hydrogens (tertiary/aromatic N) is 2. The van der Waals surface area contributed by atoms with E-state index in [2.05, 4.69) is 28.0 Å². The molecule has 0 saturated carbocycles. The third kappa shape index (κ3) is 3.09. The van der Waals surface area contributed by atoms with Gasteiger partial charge in [0.15, 0.2) is 0 Å². The maximum atomic E-state index is 5.48. The van der Waals surface area contributed by atoms with Crippen molar-refractivity contribution in [3.63, 3.8) is 0 Å². The van der Waals surface area contributed by atoms with E-state index >= 15 is 0 Å². The van der Waals surface area contributed by atoms with Gasteiger partial charge in [-0.05, 0) is 26.0 Å². The van der Waals surface area contributed by atoms with Gasteiger partial charge in [0, 0.05) is 13.6 Å². The first kappa shape index (κ1) is 13.1. The summed E-state index contributed by atoms with van der Waals surface area (Å²) in [7, 11) is 2.05. The molecule has 0 aliphatic carbocycles. The first-order valence-electron chi connectivity index (χ1n) is 6.41. The van der Waals surface area contributed by atoms with Gasteiger partial charge < -0.3 is 14.6 Å². The van der Waals surface area contributed by atoms with Crippen molar-refractivity contribution in [1.82, 2.24) is 14.9 Å². The van der Waals surface area contributed by atoms with Crippen LogP contribution in [0.3, 0.4) is 0 Å². The molecule has 0 saturated heterocycles. The van der Waals surface area contributed by atoms with Crippen LogP contribution < -0.4 is 5.32 Å². The lowest BCUT2D eigenvalue weighted by molar-refractivity contribution is 0.0806. The minimum atomic E-state index is 0.294. The van der Waals surface area contributed by atoms with Gasteiger partial charge >= 0.3 is 0 Å². The Hall–Kier alpha value is -1.39. The second kappa shape index (κ2) is 5.98. The number of benzene rings is 1. The molecular weight excluding hydrogens is 226 g/mol. The van der Waals surface area contributed by atoms with Crippen LogP contribution in [0, 0.1) is 0 Å². The highest BCUT2D eigenvalue weighted by atomic mass is 16.5. The lowest BCUT2D eigenvalue weighted by atomic mass is 10.3. The molecule has 0 bridgehead atoms. The molecule has 0 aliphatic heterocycles. The summed E-state index contributed by atoms with van der Waals surface area (Å²) in [6, 6.07) is 8.19. The van der Waals surface area contributed by atoms with Crippen LogP contribution in [0.25, 0.3) is 11.0 Å². The van der Waals surface area contributed by atoms with Gasteiger partial charge in [0.25, 0.3) is 0 Å². The quantitative estimate of drug-likeness (QED) is 0.794. The lowest BCUT2D eigenvalue weighted by Gasteiger charge is -2.08. The van der Waals surface area contributed by atoms with Crippen LogP contribution in [0.15, 0.2) is 24.3 Å². The predicted molar refractivity (Wildman–Crippen MR) is 73.5 cm³/mol. The Bertz CT molecular complexity index is 505. The monoisotopic (exact) mass is 247 g/mol. The minimum Gasteiger partial charge on any atom is -0.377 e. The third-order valence-corrected chi connectivity index (χ3v) is 2.89. The van der Waals surface area contributed by atoms with Gasteiger partial charge in [-0.2, -0.15) is 0 Å². The van der Waals surface area contributed by atoms with Gasteiger partial charge in [0.1, 0.15) is 5.82 Å². The smallest absolute Gasteiger partial charge is 0.123 e. The van der Waals surface area contributed by atoms with Crippen LogP contribution in [-0.4, -0.2) is 28.8 Å². The van der Waals surface area contributed by atoms with E-state index < -0.39 is 0 Å². The molecule has 0 spiro atoms. The molecule has 98 valence electrons. The van der Waals surface area contributed by atoms with Gasteiger partial charge in [-0.15, -0.1) is 0 Å². The number of rotatable bonds is 6. The van der Waals surface area contributed by atoms with Crippen molar-refractivity contribution in [3.8, 4) is 0 Å². The van der Waals surface area contributed by atoms with E-state index in [9.17, 15) is 0 Å². The molecule has 1 aromatic carbocycles. The third-order valence-electron chi connectivity index (χ3n) is 2.89. The van der Waals surface area contributed by atoms with Gasteiger partial charge in [0.2, 0.25) is 0 Å². The molecular formula is C14H21N3O. The normalized spacial score (nSPS) is 11.6. The van der Waals surface area contributed by atoms with E-state index in [4.69, 9.17) is 4.74 Å². The van der Waals surface area contributed by atoms with Crippen molar-refractivity contribution < 1.29 is 4.74 Å². The van der Waals surface area contributed by atoms with Crippen LogP contribution in [-0.2, 0) is 18.3 Å². The first-order chi connectivity index (χ1) is 8.68. The molecule has 0 fully saturated rings. The molecule has 0 amide bonds. The topological polar surface area (TPSA) is 39.1 Å². The number of ether oxygens (including phenoxy) is 1. The fraction of sp³-hybridized carbons (Fsp3) is 0.500. The van der Waals surface area contributed by atoms with Crippen LogP contribution >= 0.6 is 0 Å². The second-order valence-corrected chi connectivity index (χ2v) is 4.67. The van der Waals surface area contributed by atoms with Crippen molar-refractivity contribution in [2.45, 2.75) is 26.5 Å². The molecule has 0 aliphatic rings. The summed E-state index contributed by atoms with van der Waals surface area (Å²) in [4.78, 5) is 4.60. The van der Waals surface area contributed by atoms with E-state index in [0.29, 0.717) is 6.10 Å². The van der Waals surface area contributed by atoms with Crippen molar-refractivity contribution in [2.24, 2.45) is 7.05 Å².